The van der Waals surface area contributed by atoms with Crippen LogP contribution in [0.5, 0.6) is 11.5 Å². The van der Waals surface area contributed by atoms with Gasteiger partial charge in [-0.15, -0.1) is 0 Å². The van der Waals surface area contributed by atoms with E-state index >= 15 is 0 Å². The highest BCUT2D eigenvalue weighted by Gasteiger charge is 2.13. The van der Waals surface area contributed by atoms with Gasteiger partial charge in [0, 0.05) is 5.56 Å². The van der Waals surface area contributed by atoms with Crippen molar-refractivity contribution in [2.45, 2.75) is 13.0 Å². The molecule has 0 radical (unpaired) electrons. The Kier molecular flexibility index (Phi) is 4.18. The summed E-state index contributed by atoms with van der Waals surface area (Å²) in [7, 11) is 0. The molecule has 0 heterocycles. The van der Waals surface area contributed by atoms with Crippen LogP contribution >= 0.6 is 0 Å². The predicted molar refractivity (Wildman–Crippen MR) is 73.0 cm³/mol. The first-order chi connectivity index (χ1) is 10.0. The summed E-state index contributed by atoms with van der Waals surface area (Å²) in [4.78, 5) is 0. The highest BCUT2D eigenvalue weighted by Crippen LogP contribution is 2.32. The maximum Gasteiger partial charge on any atom is 0.167 e. The van der Waals surface area contributed by atoms with Crippen LogP contribution in [0.3, 0.4) is 0 Å². The molecular formula is C16H11FN2O2. The second-order valence-corrected chi connectivity index (χ2v) is 4.40. The fraction of sp³-hybridized carbons (Fsp3) is 0.125. The second-order valence-electron chi connectivity index (χ2n) is 4.40. The Labute approximate surface area is 121 Å². The number of aliphatic hydroxyl groups is 1. The lowest BCUT2D eigenvalue weighted by atomic mass is 10.1. The van der Waals surface area contributed by atoms with E-state index < -0.39 is 11.9 Å². The maximum atomic E-state index is 13.8. The van der Waals surface area contributed by atoms with Gasteiger partial charge in [-0.25, -0.2) is 4.39 Å². The molecule has 0 amide bonds. The number of hydrogen-bond donors (Lipinski definition) is 1. The fourth-order valence-corrected chi connectivity index (χ4v) is 1.81. The molecule has 21 heavy (non-hydrogen) atoms. The van der Waals surface area contributed by atoms with Gasteiger partial charge >= 0.3 is 0 Å². The Morgan fingerprint density at radius 1 is 1.05 bits per heavy atom. The van der Waals surface area contributed by atoms with E-state index in [0.29, 0.717) is 11.1 Å². The summed E-state index contributed by atoms with van der Waals surface area (Å²) in [6, 6.07) is 12.1. The third kappa shape index (κ3) is 3.17. The summed E-state index contributed by atoms with van der Waals surface area (Å²) >= 11 is 0. The van der Waals surface area contributed by atoms with E-state index in [0.717, 1.165) is 6.07 Å². The predicted octanol–water partition coefficient (Wildman–Crippen LogP) is 3.41. The number of halogens is 1. The van der Waals surface area contributed by atoms with E-state index in [1.807, 2.05) is 12.1 Å². The largest absolute Gasteiger partial charge is 0.454 e. The molecule has 5 heteroatoms. The van der Waals surface area contributed by atoms with Crippen LogP contribution in [0.2, 0.25) is 0 Å². The minimum atomic E-state index is -0.825. The van der Waals surface area contributed by atoms with Crippen molar-refractivity contribution in [3.8, 4) is 23.6 Å². The van der Waals surface area contributed by atoms with Crippen molar-refractivity contribution in [3.05, 3.63) is 58.9 Å². The summed E-state index contributed by atoms with van der Waals surface area (Å²) in [5.74, 6) is -0.563. The molecule has 0 saturated carbocycles. The molecule has 0 unspecified atom stereocenters. The SMILES string of the molecule is C[C@@H](O)c1ccc(C#N)cc1Oc1ccc(C#N)cc1F. The molecule has 4 nitrogen and oxygen atoms in total. The molecule has 2 rings (SSSR count). The third-order valence-electron chi connectivity index (χ3n) is 2.87. The monoisotopic (exact) mass is 282 g/mol. The van der Waals surface area contributed by atoms with E-state index in [9.17, 15) is 9.50 Å². The summed E-state index contributed by atoms with van der Waals surface area (Å²) in [5.41, 5.74) is 0.961. The molecule has 0 saturated heterocycles. The van der Waals surface area contributed by atoms with Crippen LogP contribution in [0.25, 0.3) is 0 Å². The van der Waals surface area contributed by atoms with Crippen LogP contribution in [-0.4, -0.2) is 5.11 Å². The van der Waals surface area contributed by atoms with Gasteiger partial charge in [0.2, 0.25) is 0 Å². The van der Waals surface area contributed by atoms with Crippen LogP contribution in [-0.2, 0) is 0 Å². The summed E-state index contributed by atoms with van der Waals surface area (Å²) in [5, 5.41) is 27.3. The summed E-state index contributed by atoms with van der Waals surface area (Å²) < 4.78 is 19.3. The Hall–Kier alpha value is -2.89. The van der Waals surface area contributed by atoms with Crippen molar-refractivity contribution in [2.24, 2.45) is 0 Å². The molecule has 0 aromatic heterocycles. The van der Waals surface area contributed by atoms with Crippen molar-refractivity contribution >= 4 is 0 Å². The zero-order chi connectivity index (χ0) is 15.4. The van der Waals surface area contributed by atoms with E-state index in [2.05, 4.69) is 0 Å². The standard InChI is InChI=1S/C16H11FN2O2/c1-10(20)13-4-2-12(9-19)7-16(13)21-15-5-3-11(8-18)6-14(15)17/h2-7,10,20H,1H3/t10-/m1/s1. The van der Waals surface area contributed by atoms with Crippen molar-refractivity contribution < 1.29 is 14.2 Å². The molecule has 0 spiro atoms. The van der Waals surface area contributed by atoms with E-state index in [-0.39, 0.29) is 17.1 Å². The van der Waals surface area contributed by atoms with Crippen molar-refractivity contribution in [1.29, 1.82) is 10.5 Å². The Bertz CT molecular complexity index is 758. The van der Waals surface area contributed by atoms with E-state index in [1.165, 1.54) is 18.2 Å². The molecule has 0 fully saturated rings. The molecule has 2 aromatic carbocycles. The lowest BCUT2D eigenvalue weighted by Crippen LogP contribution is -1.98. The van der Waals surface area contributed by atoms with Gasteiger partial charge in [0.1, 0.15) is 5.75 Å². The molecule has 0 bridgehead atoms. The first-order valence-corrected chi connectivity index (χ1v) is 6.14. The van der Waals surface area contributed by atoms with Gasteiger partial charge < -0.3 is 9.84 Å². The fourth-order valence-electron chi connectivity index (χ4n) is 1.81. The Balaban J connectivity index is 2.43. The number of hydrogen-bond acceptors (Lipinski definition) is 4. The smallest absolute Gasteiger partial charge is 0.167 e. The Morgan fingerprint density at radius 3 is 2.24 bits per heavy atom. The Morgan fingerprint density at radius 2 is 1.67 bits per heavy atom. The van der Waals surface area contributed by atoms with Crippen LogP contribution < -0.4 is 4.74 Å². The minimum absolute atomic E-state index is 0.0778. The number of nitriles is 2. The van der Waals surface area contributed by atoms with Crippen LogP contribution in [0.15, 0.2) is 36.4 Å². The van der Waals surface area contributed by atoms with Crippen LogP contribution in [0, 0.1) is 28.5 Å². The average molecular weight is 282 g/mol. The normalized spacial score (nSPS) is 11.3. The number of rotatable bonds is 3. The van der Waals surface area contributed by atoms with Gasteiger partial charge in [0.25, 0.3) is 0 Å². The average Bonchev–Trinajstić information content (AvgIpc) is 2.48. The number of aliphatic hydroxyl groups excluding tert-OH is 1. The summed E-state index contributed by atoms with van der Waals surface area (Å²) in [6.45, 7) is 1.55. The molecule has 104 valence electrons. The van der Waals surface area contributed by atoms with Gasteiger partial charge in [-0.05, 0) is 37.3 Å². The second kappa shape index (κ2) is 6.04. The highest BCUT2D eigenvalue weighted by molar-refractivity contribution is 5.46. The summed E-state index contributed by atoms with van der Waals surface area (Å²) in [6.07, 6.45) is -0.825. The molecule has 0 aliphatic heterocycles. The molecule has 0 aliphatic carbocycles. The van der Waals surface area contributed by atoms with Crippen molar-refractivity contribution in [2.75, 3.05) is 0 Å². The van der Waals surface area contributed by atoms with Crippen LogP contribution in [0.1, 0.15) is 29.7 Å². The lowest BCUT2D eigenvalue weighted by Gasteiger charge is -2.14. The topological polar surface area (TPSA) is 77.0 Å². The first kappa shape index (κ1) is 14.5. The van der Waals surface area contributed by atoms with Crippen LogP contribution in [0.4, 0.5) is 4.39 Å². The van der Waals surface area contributed by atoms with Gasteiger partial charge in [-0.2, -0.15) is 10.5 Å². The van der Waals surface area contributed by atoms with Gasteiger partial charge in [0.15, 0.2) is 11.6 Å². The molecule has 1 N–H and O–H groups in total. The molecular weight excluding hydrogens is 271 g/mol. The van der Waals surface area contributed by atoms with E-state index in [1.54, 1.807) is 19.1 Å². The molecule has 2 aromatic rings. The highest BCUT2D eigenvalue weighted by atomic mass is 19.1. The third-order valence-corrected chi connectivity index (χ3v) is 2.87. The maximum absolute atomic E-state index is 13.8. The number of benzene rings is 2. The van der Waals surface area contributed by atoms with Crippen molar-refractivity contribution in [3.63, 3.8) is 0 Å². The molecule has 1 atom stereocenters. The zero-order valence-corrected chi connectivity index (χ0v) is 11.2. The lowest BCUT2D eigenvalue weighted by molar-refractivity contribution is 0.195. The molecule has 0 aliphatic rings. The quantitative estimate of drug-likeness (QED) is 0.935. The zero-order valence-electron chi connectivity index (χ0n) is 11.2. The first-order valence-electron chi connectivity index (χ1n) is 6.14. The minimum Gasteiger partial charge on any atom is -0.454 e. The van der Waals surface area contributed by atoms with Gasteiger partial charge in [-0.1, -0.05) is 6.07 Å². The van der Waals surface area contributed by atoms with Gasteiger partial charge in [-0.3, -0.25) is 0 Å². The van der Waals surface area contributed by atoms with E-state index in [4.69, 9.17) is 15.3 Å². The number of nitrogens with zero attached hydrogens (tertiary/aromatic N) is 2. The number of ether oxygens (including phenoxy) is 1. The van der Waals surface area contributed by atoms with Crippen molar-refractivity contribution in [1.82, 2.24) is 0 Å². The van der Waals surface area contributed by atoms with Gasteiger partial charge in [0.05, 0.1) is 29.4 Å².